The molecule has 0 aromatic heterocycles. The molecule has 0 fully saturated rings. The molecule has 4 N–H and O–H groups in total. The Hall–Kier alpha value is -1.96. The maximum atomic E-state index is 6.08. The fraction of sp³-hybridized carbons (Fsp3) is 0.250. The van der Waals surface area contributed by atoms with E-state index in [1.54, 1.807) is 0 Å². The van der Waals surface area contributed by atoms with Gasteiger partial charge in [0.2, 0.25) is 0 Å². The van der Waals surface area contributed by atoms with Crippen molar-refractivity contribution in [2.75, 3.05) is 11.5 Å². The van der Waals surface area contributed by atoms with Crippen LogP contribution in [0, 0.1) is 13.8 Å². The van der Waals surface area contributed by atoms with Crippen molar-refractivity contribution in [3.8, 4) is 0 Å². The van der Waals surface area contributed by atoms with E-state index in [1.807, 2.05) is 24.3 Å². The summed E-state index contributed by atoms with van der Waals surface area (Å²) in [5, 5.41) is 0. The molecule has 0 bridgehead atoms. The molecule has 2 aromatic carbocycles. The largest absolute Gasteiger partial charge is 0.398 e. The Morgan fingerprint density at radius 2 is 1.17 bits per heavy atom. The number of benzene rings is 2. The quantitative estimate of drug-likeness (QED) is 0.788. The molecule has 0 heterocycles. The molecule has 2 nitrogen and oxygen atoms in total. The Balaban J connectivity index is 2.50. The highest BCUT2D eigenvalue weighted by Gasteiger charge is 2.14. The van der Waals surface area contributed by atoms with E-state index in [0.29, 0.717) is 0 Å². The lowest BCUT2D eigenvalue weighted by Crippen LogP contribution is -2.05. The normalized spacial score (nSPS) is 10.9. The van der Waals surface area contributed by atoms with Gasteiger partial charge in [-0.25, -0.2) is 0 Å². The van der Waals surface area contributed by atoms with Crippen LogP contribution in [0.25, 0.3) is 0 Å². The molecule has 0 aliphatic heterocycles. The summed E-state index contributed by atoms with van der Waals surface area (Å²) in [7, 11) is 0. The van der Waals surface area contributed by atoms with Crippen LogP contribution in [0.5, 0.6) is 0 Å². The Kier molecular flexibility index (Phi) is 3.28. The van der Waals surface area contributed by atoms with Gasteiger partial charge in [-0.05, 0) is 37.1 Å². The first kappa shape index (κ1) is 12.5. The fourth-order valence-corrected chi connectivity index (χ4v) is 2.31. The molecule has 0 aliphatic carbocycles. The van der Waals surface area contributed by atoms with Gasteiger partial charge >= 0.3 is 0 Å². The van der Waals surface area contributed by atoms with Gasteiger partial charge in [0.05, 0.1) is 0 Å². The molecule has 94 valence electrons. The molecule has 0 aliphatic rings. The molecule has 18 heavy (non-hydrogen) atoms. The Morgan fingerprint density at radius 3 is 1.56 bits per heavy atom. The van der Waals surface area contributed by atoms with Gasteiger partial charge in [0.1, 0.15) is 0 Å². The predicted molar refractivity (Wildman–Crippen MR) is 78.7 cm³/mol. The van der Waals surface area contributed by atoms with Gasteiger partial charge in [-0.1, -0.05) is 42.3 Å². The molecular weight excluding hydrogens is 220 g/mol. The summed E-state index contributed by atoms with van der Waals surface area (Å²) in [4.78, 5) is 0. The van der Waals surface area contributed by atoms with Gasteiger partial charge in [-0.2, -0.15) is 0 Å². The Labute approximate surface area is 109 Å². The smallest absolute Gasteiger partial charge is 0.0352 e. The number of hydrogen-bond donors (Lipinski definition) is 2. The zero-order valence-electron chi connectivity index (χ0n) is 11.2. The van der Waals surface area contributed by atoms with E-state index in [1.165, 1.54) is 11.1 Å². The highest BCUT2D eigenvalue weighted by atomic mass is 14.6. The van der Waals surface area contributed by atoms with Crippen LogP contribution in [0.4, 0.5) is 11.4 Å². The van der Waals surface area contributed by atoms with Crippen LogP contribution in [0.2, 0.25) is 0 Å². The van der Waals surface area contributed by atoms with E-state index in [-0.39, 0.29) is 5.92 Å². The van der Waals surface area contributed by atoms with Crippen molar-refractivity contribution >= 4 is 11.4 Å². The fourth-order valence-electron chi connectivity index (χ4n) is 2.31. The molecule has 2 heteroatoms. The minimum absolute atomic E-state index is 0.213. The van der Waals surface area contributed by atoms with Gasteiger partial charge < -0.3 is 11.5 Å². The van der Waals surface area contributed by atoms with Crippen LogP contribution in [-0.4, -0.2) is 0 Å². The van der Waals surface area contributed by atoms with Crippen molar-refractivity contribution in [1.82, 2.24) is 0 Å². The van der Waals surface area contributed by atoms with Crippen LogP contribution >= 0.6 is 0 Å². The van der Waals surface area contributed by atoms with E-state index in [9.17, 15) is 0 Å². The first-order valence-corrected chi connectivity index (χ1v) is 6.21. The highest BCUT2D eigenvalue weighted by molar-refractivity contribution is 5.58. The molecular formula is C16H20N2. The number of nitrogens with two attached hydrogens (primary N) is 2. The number of anilines is 2. The van der Waals surface area contributed by atoms with Crippen molar-refractivity contribution in [3.05, 3.63) is 58.7 Å². The number of aryl methyl sites for hydroxylation is 2. The third-order valence-corrected chi connectivity index (χ3v) is 3.42. The summed E-state index contributed by atoms with van der Waals surface area (Å²) < 4.78 is 0. The van der Waals surface area contributed by atoms with Crippen molar-refractivity contribution in [1.29, 1.82) is 0 Å². The van der Waals surface area contributed by atoms with Crippen LogP contribution in [0.3, 0.4) is 0 Å². The van der Waals surface area contributed by atoms with Gasteiger partial charge in [-0.15, -0.1) is 0 Å². The average molecular weight is 240 g/mol. The lowest BCUT2D eigenvalue weighted by atomic mass is 9.89. The summed E-state index contributed by atoms with van der Waals surface area (Å²) in [5.41, 5.74) is 18.5. The van der Waals surface area contributed by atoms with E-state index in [4.69, 9.17) is 11.5 Å². The second-order valence-electron chi connectivity index (χ2n) is 4.99. The van der Waals surface area contributed by atoms with Gasteiger partial charge in [0.15, 0.2) is 0 Å². The van der Waals surface area contributed by atoms with E-state index < -0.39 is 0 Å². The minimum atomic E-state index is 0.213. The second-order valence-corrected chi connectivity index (χ2v) is 4.99. The van der Waals surface area contributed by atoms with Crippen molar-refractivity contribution in [2.45, 2.75) is 26.7 Å². The SMILES string of the molecule is Cc1ccc(N)c(C(C)c2cc(C)ccc2N)c1. The average Bonchev–Trinajstić information content (AvgIpc) is 2.34. The second kappa shape index (κ2) is 4.73. The number of hydrogen-bond acceptors (Lipinski definition) is 2. The van der Waals surface area contributed by atoms with Crippen LogP contribution in [0.1, 0.15) is 35.1 Å². The third-order valence-electron chi connectivity index (χ3n) is 3.42. The van der Waals surface area contributed by atoms with Crippen LogP contribution in [-0.2, 0) is 0 Å². The molecule has 0 radical (unpaired) electrons. The first-order valence-electron chi connectivity index (χ1n) is 6.21. The molecule has 0 atom stereocenters. The maximum Gasteiger partial charge on any atom is 0.0352 e. The summed E-state index contributed by atoms with van der Waals surface area (Å²) in [6, 6.07) is 12.3. The Bertz CT molecular complexity index is 522. The molecule has 2 rings (SSSR count). The van der Waals surface area contributed by atoms with E-state index in [2.05, 4.69) is 32.9 Å². The molecule has 0 saturated heterocycles. The van der Waals surface area contributed by atoms with Gasteiger partial charge in [0, 0.05) is 17.3 Å². The maximum absolute atomic E-state index is 6.08. The van der Waals surface area contributed by atoms with Gasteiger partial charge in [0.25, 0.3) is 0 Å². The van der Waals surface area contributed by atoms with Crippen LogP contribution in [0.15, 0.2) is 36.4 Å². The number of nitrogen functional groups attached to an aromatic ring is 2. The summed E-state index contributed by atoms with van der Waals surface area (Å²) in [5.74, 6) is 0.213. The zero-order chi connectivity index (χ0) is 13.3. The third kappa shape index (κ3) is 2.33. The summed E-state index contributed by atoms with van der Waals surface area (Å²) >= 11 is 0. The monoisotopic (exact) mass is 240 g/mol. The lowest BCUT2D eigenvalue weighted by molar-refractivity contribution is 0.924. The standard InChI is InChI=1S/C16H20N2/c1-10-4-6-15(17)13(8-10)12(3)14-9-11(2)5-7-16(14)18/h4-9,12H,17-18H2,1-3H3. The zero-order valence-corrected chi connectivity index (χ0v) is 11.2. The molecule has 0 spiro atoms. The molecule has 0 unspecified atom stereocenters. The van der Waals surface area contributed by atoms with Crippen molar-refractivity contribution in [3.63, 3.8) is 0 Å². The van der Waals surface area contributed by atoms with E-state index in [0.717, 1.165) is 22.5 Å². The molecule has 0 amide bonds. The summed E-state index contributed by atoms with van der Waals surface area (Å²) in [6.07, 6.45) is 0. The lowest BCUT2D eigenvalue weighted by Gasteiger charge is -2.18. The van der Waals surface area contributed by atoms with Crippen LogP contribution < -0.4 is 11.5 Å². The highest BCUT2D eigenvalue weighted by Crippen LogP contribution is 2.32. The Morgan fingerprint density at radius 1 is 0.778 bits per heavy atom. The summed E-state index contributed by atoms with van der Waals surface area (Å²) in [6.45, 7) is 6.31. The topological polar surface area (TPSA) is 52.0 Å². The van der Waals surface area contributed by atoms with Gasteiger partial charge in [-0.3, -0.25) is 0 Å². The van der Waals surface area contributed by atoms with Crippen molar-refractivity contribution < 1.29 is 0 Å². The molecule has 2 aromatic rings. The first-order chi connectivity index (χ1) is 8.49. The molecule has 0 saturated carbocycles. The minimum Gasteiger partial charge on any atom is -0.398 e. The van der Waals surface area contributed by atoms with Crippen molar-refractivity contribution in [2.24, 2.45) is 0 Å². The van der Waals surface area contributed by atoms with E-state index >= 15 is 0 Å². The predicted octanol–water partition coefficient (Wildman–Crippen LogP) is 3.62. The number of rotatable bonds is 2.